The van der Waals surface area contributed by atoms with Gasteiger partial charge in [-0.3, -0.25) is 4.79 Å². The molecule has 1 aliphatic rings. The van der Waals surface area contributed by atoms with Crippen molar-refractivity contribution in [3.8, 4) is 5.95 Å². The minimum absolute atomic E-state index is 0.115. The van der Waals surface area contributed by atoms with Crippen molar-refractivity contribution in [1.29, 1.82) is 0 Å². The molecule has 3 aromatic heterocycles. The molecule has 3 aromatic rings. The summed E-state index contributed by atoms with van der Waals surface area (Å²) in [5.74, 6) is 1.08. The smallest absolute Gasteiger partial charge is 0.310 e. The first-order chi connectivity index (χ1) is 15.3. The summed E-state index contributed by atoms with van der Waals surface area (Å²) >= 11 is 0. The van der Waals surface area contributed by atoms with Crippen LogP contribution in [0.1, 0.15) is 46.9 Å². The third kappa shape index (κ3) is 4.61. The summed E-state index contributed by atoms with van der Waals surface area (Å²) in [6.07, 6.45) is 2.17. The molecule has 168 valence electrons. The zero-order valence-electron chi connectivity index (χ0n) is 19.3. The van der Waals surface area contributed by atoms with Crippen LogP contribution in [0.5, 0.6) is 0 Å². The lowest BCUT2D eigenvalue weighted by Gasteiger charge is -2.24. The molecule has 1 fully saturated rings. The SMILES string of the molecule is Cc1ccc(N2CCCC2COC(=O)Cc2c(C)nn(-c3nc(C)cc(C)n3)c2C)nn1. The summed E-state index contributed by atoms with van der Waals surface area (Å²) in [7, 11) is 0. The van der Waals surface area contributed by atoms with E-state index in [1.54, 1.807) is 4.68 Å². The van der Waals surface area contributed by atoms with Gasteiger partial charge in [0.25, 0.3) is 5.95 Å². The van der Waals surface area contributed by atoms with E-state index >= 15 is 0 Å². The van der Waals surface area contributed by atoms with E-state index in [1.807, 2.05) is 52.8 Å². The topological polar surface area (TPSA) is 98.9 Å². The first-order valence-electron chi connectivity index (χ1n) is 10.9. The molecule has 0 saturated carbocycles. The maximum atomic E-state index is 12.7. The van der Waals surface area contributed by atoms with Crippen molar-refractivity contribution in [2.45, 2.75) is 59.9 Å². The number of carbonyl (C=O) groups excluding carboxylic acids is 1. The highest BCUT2D eigenvalue weighted by molar-refractivity contribution is 5.73. The summed E-state index contributed by atoms with van der Waals surface area (Å²) in [4.78, 5) is 23.8. The van der Waals surface area contributed by atoms with Crippen molar-refractivity contribution in [2.75, 3.05) is 18.1 Å². The molecular weight excluding hydrogens is 406 g/mol. The van der Waals surface area contributed by atoms with E-state index in [1.165, 1.54) is 0 Å². The molecule has 1 atom stereocenters. The van der Waals surface area contributed by atoms with E-state index in [-0.39, 0.29) is 18.4 Å². The lowest BCUT2D eigenvalue weighted by Crippen LogP contribution is -2.34. The Hall–Kier alpha value is -3.36. The molecule has 0 radical (unpaired) electrons. The van der Waals surface area contributed by atoms with Crippen molar-refractivity contribution in [2.24, 2.45) is 0 Å². The quantitative estimate of drug-likeness (QED) is 0.545. The van der Waals surface area contributed by atoms with Crippen LogP contribution in [0.3, 0.4) is 0 Å². The van der Waals surface area contributed by atoms with Gasteiger partial charge < -0.3 is 9.64 Å². The maximum absolute atomic E-state index is 12.7. The first kappa shape index (κ1) is 21.9. The molecule has 0 amide bonds. The van der Waals surface area contributed by atoms with Crippen molar-refractivity contribution in [3.05, 3.63) is 52.2 Å². The van der Waals surface area contributed by atoms with E-state index in [4.69, 9.17) is 4.74 Å². The van der Waals surface area contributed by atoms with Gasteiger partial charge in [-0.25, -0.2) is 14.6 Å². The minimum Gasteiger partial charge on any atom is -0.463 e. The Kier molecular flexibility index (Phi) is 6.16. The van der Waals surface area contributed by atoms with Crippen LogP contribution in [-0.2, 0) is 16.0 Å². The van der Waals surface area contributed by atoms with Gasteiger partial charge in [0.15, 0.2) is 5.82 Å². The number of aromatic nitrogens is 6. The van der Waals surface area contributed by atoms with E-state index in [0.717, 1.165) is 59.2 Å². The first-order valence-corrected chi connectivity index (χ1v) is 10.9. The third-order valence-electron chi connectivity index (χ3n) is 5.81. The van der Waals surface area contributed by atoms with Crippen LogP contribution in [0.4, 0.5) is 5.82 Å². The average molecular weight is 436 g/mol. The third-order valence-corrected chi connectivity index (χ3v) is 5.81. The van der Waals surface area contributed by atoms with Crippen LogP contribution in [0.15, 0.2) is 18.2 Å². The summed E-state index contributed by atoms with van der Waals surface area (Å²) in [6, 6.07) is 5.96. The lowest BCUT2D eigenvalue weighted by molar-refractivity contribution is -0.143. The standard InChI is InChI=1S/C23H29N7O2/c1-14-8-9-21(27-26-14)29-10-6-7-19(29)13-32-22(31)12-20-17(4)28-30(18(20)5)23-24-15(2)11-16(3)25-23/h8-9,11,19H,6-7,10,12-13H2,1-5H3. The number of hydrogen-bond acceptors (Lipinski definition) is 8. The fourth-order valence-electron chi connectivity index (χ4n) is 4.17. The lowest BCUT2D eigenvalue weighted by atomic mass is 10.1. The Labute approximate surface area is 187 Å². The van der Waals surface area contributed by atoms with Crippen molar-refractivity contribution in [3.63, 3.8) is 0 Å². The number of carbonyl (C=O) groups is 1. The Bertz CT molecular complexity index is 1100. The average Bonchev–Trinajstić information content (AvgIpc) is 3.32. The van der Waals surface area contributed by atoms with Gasteiger partial charge in [0.2, 0.25) is 0 Å². The second-order valence-electron chi connectivity index (χ2n) is 8.39. The van der Waals surface area contributed by atoms with Gasteiger partial charge >= 0.3 is 5.97 Å². The zero-order chi connectivity index (χ0) is 22.8. The summed E-state index contributed by atoms with van der Waals surface area (Å²) in [5.41, 5.74) is 5.11. The molecule has 0 bridgehead atoms. The number of esters is 1. The van der Waals surface area contributed by atoms with Gasteiger partial charge in [0, 0.05) is 29.2 Å². The molecule has 4 heterocycles. The highest BCUT2D eigenvalue weighted by Crippen LogP contribution is 2.24. The molecular formula is C23H29N7O2. The maximum Gasteiger partial charge on any atom is 0.310 e. The van der Waals surface area contributed by atoms with Crippen molar-refractivity contribution < 1.29 is 9.53 Å². The highest BCUT2D eigenvalue weighted by atomic mass is 16.5. The molecule has 1 aliphatic heterocycles. The Morgan fingerprint density at radius 3 is 2.50 bits per heavy atom. The largest absolute Gasteiger partial charge is 0.463 e. The van der Waals surface area contributed by atoms with Crippen LogP contribution in [0.25, 0.3) is 5.95 Å². The van der Waals surface area contributed by atoms with E-state index in [0.29, 0.717) is 12.6 Å². The van der Waals surface area contributed by atoms with Crippen LogP contribution < -0.4 is 4.90 Å². The number of rotatable bonds is 6. The second kappa shape index (κ2) is 9.02. The predicted molar refractivity (Wildman–Crippen MR) is 120 cm³/mol. The molecule has 1 saturated heterocycles. The fourth-order valence-corrected chi connectivity index (χ4v) is 4.17. The summed E-state index contributed by atoms with van der Waals surface area (Å²) in [5, 5.41) is 13.0. The van der Waals surface area contributed by atoms with Gasteiger partial charge in [-0.2, -0.15) is 10.2 Å². The number of nitrogens with zero attached hydrogens (tertiary/aromatic N) is 7. The van der Waals surface area contributed by atoms with E-state index < -0.39 is 0 Å². The van der Waals surface area contributed by atoms with Crippen LogP contribution in [-0.4, -0.2) is 55.1 Å². The highest BCUT2D eigenvalue weighted by Gasteiger charge is 2.27. The number of hydrogen-bond donors (Lipinski definition) is 0. The van der Waals surface area contributed by atoms with Crippen molar-refractivity contribution in [1.82, 2.24) is 29.9 Å². The Balaban J connectivity index is 1.42. The van der Waals surface area contributed by atoms with E-state index in [2.05, 4.69) is 30.2 Å². The molecule has 9 nitrogen and oxygen atoms in total. The monoisotopic (exact) mass is 435 g/mol. The van der Waals surface area contributed by atoms with Crippen LogP contribution in [0.2, 0.25) is 0 Å². The number of aryl methyl sites for hydroxylation is 4. The van der Waals surface area contributed by atoms with Gasteiger partial charge in [0.05, 0.1) is 23.9 Å². The molecule has 9 heteroatoms. The van der Waals surface area contributed by atoms with Gasteiger partial charge in [-0.05, 0) is 65.7 Å². The van der Waals surface area contributed by atoms with Crippen LogP contribution >= 0.6 is 0 Å². The van der Waals surface area contributed by atoms with Gasteiger partial charge in [0.1, 0.15) is 6.61 Å². The Morgan fingerprint density at radius 1 is 1.06 bits per heavy atom. The number of ether oxygens (including phenoxy) is 1. The molecule has 0 aliphatic carbocycles. The van der Waals surface area contributed by atoms with Gasteiger partial charge in [-0.1, -0.05) is 0 Å². The molecule has 32 heavy (non-hydrogen) atoms. The van der Waals surface area contributed by atoms with Crippen molar-refractivity contribution >= 4 is 11.8 Å². The summed E-state index contributed by atoms with van der Waals surface area (Å²) in [6.45, 7) is 10.8. The molecule has 0 spiro atoms. The molecule has 4 rings (SSSR count). The predicted octanol–water partition coefficient (Wildman–Crippen LogP) is 2.75. The van der Waals surface area contributed by atoms with E-state index in [9.17, 15) is 4.79 Å². The van der Waals surface area contributed by atoms with Gasteiger partial charge in [-0.15, -0.1) is 5.10 Å². The van der Waals surface area contributed by atoms with Crippen LogP contribution in [0, 0.1) is 34.6 Å². The number of anilines is 1. The molecule has 0 N–H and O–H groups in total. The minimum atomic E-state index is -0.265. The normalized spacial score (nSPS) is 15.9. The summed E-state index contributed by atoms with van der Waals surface area (Å²) < 4.78 is 7.37. The Morgan fingerprint density at radius 2 is 1.81 bits per heavy atom. The fraction of sp³-hybridized carbons (Fsp3) is 0.478. The zero-order valence-corrected chi connectivity index (χ0v) is 19.3. The molecule has 1 unspecified atom stereocenters. The molecule has 0 aromatic carbocycles. The second-order valence-corrected chi connectivity index (χ2v) is 8.39.